The molecular weight excluding hydrogens is 534 g/mol. The number of benzene rings is 3. The van der Waals surface area contributed by atoms with Crippen LogP contribution in [0.1, 0.15) is 24.0 Å². The number of methoxy groups -OCH3 is 1. The summed E-state index contributed by atoms with van der Waals surface area (Å²) in [6, 6.07) is 23.2. The first-order valence-corrected chi connectivity index (χ1v) is 14.3. The normalized spacial score (nSPS) is 18.0. The van der Waals surface area contributed by atoms with Gasteiger partial charge in [0.25, 0.3) is 0 Å². The lowest BCUT2D eigenvalue weighted by molar-refractivity contribution is 0.0455. The first-order chi connectivity index (χ1) is 20.7. The zero-order valence-electron chi connectivity index (χ0n) is 23.7. The van der Waals surface area contributed by atoms with Crippen LogP contribution >= 0.6 is 0 Å². The number of hydrogen-bond acceptors (Lipinski definition) is 8. The Labute approximate surface area is 245 Å². The number of carbonyl (C=O) groups excluding carboxylic acids is 1. The van der Waals surface area contributed by atoms with Gasteiger partial charge in [-0.15, -0.1) is 0 Å². The number of nitrogens with one attached hydrogen (secondary N) is 1. The summed E-state index contributed by atoms with van der Waals surface area (Å²) in [4.78, 5) is 19.7. The maximum absolute atomic E-state index is 13.4. The van der Waals surface area contributed by atoms with Crippen molar-refractivity contribution in [2.24, 2.45) is 0 Å². The van der Waals surface area contributed by atoms with Crippen molar-refractivity contribution < 1.29 is 28.5 Å². The molecule has 0 aliphatic carbocycles. The highest BCUT2D eigenvalue weighted by molar-refractivity contribution is 5.86. The Morgan fingerprint density at radius 3 is 2.69 bits per heavy atom. The van der Waals surface area contributed by atoms with E-state index in [1.807, 2.05) is 72.8 Å². The van der Waals surface area contributed by atoms with Crippen LogP contribution in [0.5, 0.6) is 23.0 Å². The molecule has 0 bridgehead atoms. The van der Waals surface area contributed by atoms with Gasteiger partial charge in [-0.1, -0.05) is 36.4 Å². The topological polar surface area (TPSA) is 91.4 Å². The van der Waals surface area contributed by atoms with Gasteiger partial charge in [0, 0.05) is 30.7 Å². The van der Waals surface area contributed by atoms with Crippen molar-refractivity contribution in [3.63, 3.8) is 0 Å². The first-order valence-electron chi connectivity index (χ1n) is 14.3. The highest BCUT2D eigenvalue weighted by Crippen LogP contribution is 2.31. The fourth-order valence-electron chi connectivity index (χ4n) is 5.39. The van der Waals surface area contributed by atoms with Crippen molar-refractivity contribution >= 4 is 17.0 Å². The molecular formula is C33H35N3O6. The predicted octanol–water partition coefficient (Wildman–Crippen LogP) is 5.35. The van der Waals surface area contributed by atoms with Gasteiger partial charge in [0.1, 0.15) is 37.9 Å². The van der Waals surface area contributed by atoms with Gasteiger partial charge in [0.05, 0.1) is 18.7 Å². The van der Waals surface area contributed by atoms with Crippen LogP contribution in [0.3, 0.4) is 0 Å². The molecule has 3 aromatic carbocycles. The maximum Gasteiger partial charge on any atom is 0.410 e. The van der Waals surface area contributed by atoms with Gasteiger partial charge in [-0.3, -0.25) is 4.98 Å². The minimum Gasteiger partial charge on any atom is -0.497 e. The fraction of sp³-hybridized carbons (Fsp3) is 0.333. The second kappa shape index (κ2) is 13.0. The molecule has 1 fully saturated rings. The average Bonchev–Trinajstić information content (AvgIpc) is 3.05. The Hall–Kier alpha value is -4.50. The van der Waals surface area contributed by atoms with E-state index in [4.69, 9.17) is 23.7 Å². The Kier molecular flexibility index (Phi) is 8.56. The Morgan fingerprint density at radius 2 is 1.83 bits per heavy atom. The lowest BCUT2D eigenvalue weighted by Gasteiger charge is -2.39. The number of amides is 1. The van der Waals surface area contributed by atoms with Gasteiger partial charge in [-0.05, 0) is 60.4 Å². The van der Waals surface area contributed by atoms with Gasteiger partial charge in [0.2, 0.25) is 0 Å². The summed E-state index contributed by atoms with van der Waals surface area (Å²) in [6.07, 6.45) is 3.05. The zero-order valence-corrected chi connectivity index (χ0v) is 23.7. The molecule has 218 valence electrons. The quantitative estimate of drug-likeness (QED) is 0.288. The molecule has 2 aliphatic rings. The largest absolute Gasteiger partial charge is 0.497 e. The summed E-state index contributed by atoms with van der Waals surface area (Å²) >= 11 is 0. The highest BCUT2D eigenvalue weighted by atomic mass is 16.6. The number of piperidine rings is 1. The molecule has 2 atom stereocenters. The molecule has 0 spiro atoms. The van der Waals surface area contributed by atoms with Gasteiger partial charge in [0.15, 0.2) is 11.5 Å². The number of nitrogens with zero attached hydrogens (tertiary/aromatic N) is 2. The van der Waals surface area contributed by atoms with Crippen LogP contribution < -0.4 is 24.3 Å². The highest BCUT2D eigenvalue weighted by Gasteiger charge is 2.33. The molecule has 0 radical (unpaired) electrons. The summed E-state index contributed by atoms with van der Waals surface area (Å²) in [5.74, 6) is 2.98. The molecule has 9 nitrogen and oxygen atoms in total. The summed E-state index contributed by atoms with van der Waals surface area (Å²) in [5, 5.41) is 4.49. The Bertz CT molecular complexity index is 1510. The molecule has 0 saturated carbocycles. The first kappa shape index (κ1) is 27.7. The summed E-state index contributed by atoms with van der Waals surface area (Å²) < 4.78 is 28.9. The van der Waals surface area contributed by atoms with E-state index in [9.17, 15) is 4.79 Å². The number of likely N-dealkylation sites (tertiary alicyclic amines) is 1. The number of hydrogen-bond donors (Lipinski definition) is 1. The van der Waals surface area contributed by atoms with E-state index in [-0.39, 0.29) is 24.8 Å². The maximum atomic E-state index is 13.4. The smallest absolute Gasteiger partial charge is 0.410 e. The van der Waals surface area contributed by atoms with Gasteiger partial charge in [-0.2, -0.15) is 0 Å². The average molecular weight is 570 g/mol. The lowest BCUT2D eigenvalue weighted by atomic mass is 9.98. The Morgan fingerprint density at radius 1 is 0.976 bits per heavy atom. The molecule has 1 aromatic heterocycles. The third-order valence-electron chi connectivity index (χ3n) is 7.69. The molecule has 2 aliphatic heterocycles. The van der Waals surface area contributed by atoms with E-state index in [0.717, 1.165) is 52.1 Å². The van der Waals surface area contributed by atoms with Crippen LogP contribution in [0.2, 0.25) is 0 Å². The minimum absolute atomic E-state index is 0.102. The van der Waals surface area contributed by atoms with Crippen LogP contribution in [0.15, 0.2) is 79.0 Å². The number of fused-ring (bicyclic) bond motifs is 2. The van der Waals surface area contributed by atoms with E-state index in [1.54, 1.807) is 18.2 Å². The predicted molar refractivity (Wildman–Crippen MR) is 158 cm³/mol. The molecule has 6 rings (SSSR count). The number of pyridine rings is 1. The van der Waals surface area contributed by atoms with Crippen molar-refractivity contribution in [2.75, 3.05) is 33.5 Å². The molecule has 0 unspecified atom stereocenters. The minimum atomic E-state index is -0.348. The van der Waals surface area contributed by atoms with Crippen LogP contribution in [0.25, 0.3) is 10.9 Å². The molecule has 1 amide bonds. The van der Waals surface area contributed by atoms with E-state index in [1.165, 1.54) is 0 Å². The summed E-state index contributed by atoms with van der Waals surface area (Å²) in [6.45, 7) is 2.84. The standard InChI is InChI=1S/C33H35N3O6/c1-38-27-10-11-29-28(18-27)30(13-14-34-29)41-22-26-9-8-25(20-36(26)33(37)42-21-23-5-3-2-4-6-23)35-19-24-7-12-31-32(17-24)40-16-15-39-31/h2-7,10-14,17-18,25-26,35H,8-9,15-16,19-22H2,1H3/t25-,26+/m0/s1. The second-order valence-electron chi connectivity index (χ2n) is 10.5. The van der Waals surface area contributed by atoms with Crippen molar-refractivity contribution in [3.05, 3.63) is 90.1 Å². The molecule has 42 heavy (non-hydrogen) atoms. The number of aromatic nitrogens is 1. The SMILES string of the molecule is COc1ccc2nccc(OC[C@H]3CC[C@H](NCc4ccc5c(c4)OCCO5)CN3C(=O)OCc3ccccc3)c2c1. The van der Waals surface area contributed by atoms with Crippen molar-refractivity contribution in [1.29, 1.82) is 0 Å². The van der Waals surface area contributed by atoms with Crippen LogP contribution in [0.4, 0.5) is 4.79 Å². The van der Waals surface area contributed by atoms with Gasteiger partial charge < -0.3 is 33.9 Å². The number of ether oxygens (including phenoxy) is 5. The molecule has 3 heterocycles. The summed E-state index contributed by atoms with van der Waals surface area (Å²) in [5.41, 5.74) is 2.86. The van der Waals surface area contributed by atoms with E-state index < -0.39 is 0 Å². The van der Waals surface area contributed by atoms with Gasteiger partial charge >= 0.3 is 6.09 Å². The third kappa shape index (κ3) is 6.52. The zero-order chi connectivity index (χ0) is 28.7. The molecule has 4 aromatic rings. The monoisotopic (exact) mass is 569 g/mol. The van der Waals surface area contributed by atoms with Crippen molar-refractivity contribution in [3.8, 4) is 23.0 Å². The fourth-order valence-corrected chi connectivity index (χ4v) is 5.39. The second-order valence-corrected chi connectivity index (χ2v) is 10.5. The molecule has 9 heteroatoms. The van der Waals surface area contributed by atoms with E-state index in [0.29, 0.717) is 38.7 Å². The van der Waals surface area contributed by atoms with Gasteiger partial charge in [-0.25, -0.2) is 4.79 Å². The van der Waals surface area contributed by atoms with Crippen LogP contribution in [-0.2, 0) is 17.9 Å². The van der Waals surface area contributed by atoms with Crippen LogP contribution in [0, 0.1) is 0 Å². The van der Waals surface area contributed by atoms with E-state index >= 15 is 0 Å². The third-order valence-corrected chi connectivity index (χ3v) is 7.69. The number of carbonyl (C=O) groups is 1. The lowest BCUT2D eigenvalue weighted by Crippen LogP contribution is -2.54. The van der Waals surface area contributed by atoms with E-state index in [2.05, 4.69) is 10.3 Å². The molecule has 1 N–H and O–H groups in total. The van der Waals surface area contributed by atoms with Crippen molar-refractivity contribution in [2.45, 2.75) is 38.1 Å². The Balaban J connectivity index is 1.13. The summed E-state index contributed by atoms with van der Waals surface area (Å²) in [7, 11) is 1.64. The number of rotatable bonds is 9. The van der Waals surface area contributed by atoms with Crippen LogP contribution in [-0.4, -0.2) is 61.5 Å². The molecule has 1 saturated heterocycles. The van der Waals surface area contributed by atoms with Crippen molar-refractivity contribution in [1.82, 2.24) is 15.2 Å².